The maximum absolute atomic E-state index is 5.84. The predicted octanol–water partition coefficient (Wildman–Crippen LogP) is 3.85. The highest BCUT2D eigenvalue weighted by molar-refractivity contribution is 6.18. The molecule has 1 aliphatic carbocycles. The molecule has 0 N–H and O–H groups in total. The minimum atomic E-state index is 0.581. The molecule has 2 heteroatoms. The molecule has 1 fully saturated rings. The summed E-state index contributed by atoms with van der Waals surface area (Å²) in [5.74, 6) is 8.39. The van der Waals surface area contributed by atoms with Crippen LogP contribution in [0, 0.1) is 17.8 Å². The van der Waals surface area contributed by atoms with Gasteiger partial charge < -0.3 is 4.74 Å². The van der Waals surface area contributed by atoms with Gasteiger partial charge in [-0.2, -0.15) is 0 Å². The van der Waals surface area contributed by atoms with E-state index in [0.29, 0.717) is 5.88 Å². The van der Waals surface area contributed by atoms with Crippen molar-refractivity contribution in [3.05, 3.63) is 29.8 Å². The van der Waals surface area contributed by atoms with Crippen molar-refractivity contribution in [3.63, 3.8) is 0 Å². The van der Waals surface area contributed by atoms with E-state index in [-0.39, 0.29) is 0 Å². The summed E-state index contributed by atoms with van der Waals surface area (Å²) in [4.78, 5) is 0. The van der Waals surface area contributed by atoms with Gasteiger partial charge in [0.1, 0.15) is 5.75 Å². The van der Waals surface area contributed by atoms with E-state index in [9.17, 15) is 0 Å². The van der Waals surface area contributed by atoms with Gasteiger partial charge in [0, 0.05) is 12.3 Å². The molecule has 0 spiro atoms. The van der Waals surface area contributed by atoms with Crippen LogP contribution in [0.4, 0.5) is 0 Å². The van der Waals surface area contributed by atoms with Gasteiger partial charge in [0.2, 0.25) is 0 Å². The van der Waals surface area contributed by atoms with Gasteiger partial charge >= 0.3 is 0 Å². The number of benzene rings is 1. The second-order valence-electron chi connectivity index (χ2n) is 4.34. The zero-order chi connectivity index (χ0) is 11.9. The van der Waals surface area contributed by atoms with Crippen molar-refractivity contribution in [1.29, 1.82) is 0 Å². The molecule has 0 aromatic heterocycles. The van der Waals surface area contributed by atoms with Crippen molar-refractivity contribution >= 4 is 11.6 Å². The van der Waals surface area contributed by atoms with E-state index >= 15 is 0 Å². The average molecular weight is 249 g/mol. The largest absolute Gasteiger partial charge is 0.492 e. The molecule has 0 radical (unpaired) electrons. The highest BCUT2D eigenvalue weighted by Crippen LogP contribution is 2.27. The molecule has 0 amide bonds. The predicted molar refractivity (Wildman–Crippen MR) is 71.5 cm³/mol. The molecule has 2 rings (SSSR count). The number of alkyl halides is 1. The standard InChI is InChI=1S/C15H17ClO/c16-11-4-3-9-14-8-1-2-10-15(14)17-12-13-6-5-7-13/h1-2,8,10,13H,4-7,11-12H2. The van der Waals surface area contributed by atoms with Crippen molar-refractivity contribution in [1.82, 2.24) is 0 Å². The topological polar surface area (TPSA) is 9.23 Å². The fraction of sp³-hybridized carbons (Fsp3) is 0.467. The van der Waals surface area contributed by atoms with E-state index in [2.05, 4.69) is 11.8 Å². The van der Waals surface area contributed by atoms with Gasteiger partial charge in [0.15, 0.2) is 0 Å². The fourth-order valence-corrected chi connectivity index (χ4v) is 1.86. The van der Waals surface area contributed by atoms with E-state index in [4.69, 9.17) is 16.3 Å². The minimum absolute atomic E-state index is 0.581. The normalized spacial score (nSPS) is 14.6. The Bertz CT molecular complexity index is 412. The summed E-state index contributed by atoms with van der Waals surface area (Å²) in [6.07, 6.45) is 4.68. The van der Waals surface area contributed by atoms with Crippen LogP contribution in [-0.2, 0) is 0 Å². The van der Waals surface area contributed by atoms with Crippen molar-refractivity contribution < 1.29 is 4.74 Å². The number of para-hydroxylation sites is 1. The molecule has 1 aromatic carbocycles. The fourth-order valence-electron chi connectivity index (χ4n) is 1.77. The van der Waals surface area contributed by atoms with Crippen LogP contribution in [0.25, 0.3) is 0 Å². The zero-order valence-corrected chi connectivity index (χ0v) is 10.7. The quantitative estimate of drug-likeness (QED) is 0.581. The first-order chi connectivity index (χ1) is 8.40. The molecular formula is C15H17ClO. The van der Waals surface area contributed by atoms with Crippen LogP contribution in [0.1, 0.15) is 31.2 Å². The molecule has 0 unspecified atom stereocenters. The second-order valence-corrected chi connectivity index (χ2v) is 4.72. The lowest BCUT2D eigenvalue weighted by Gasteiger charge is -2.25. The summed E-state index contributed by atoms with van der Waals surface area (Å²) >= 11 is 5.60. The maximum atomic E-state index is 5.84. The molecule has 1 aliphatic rings. The maximum Gasteiger partial charge on any atom is 0.134 e. The Labute approximate surface area is 108 Å². The number of rotatable bonds is 4. The Hall–Kier alpha value is -1.13. The first-order valence-corrected chi connectivity index (χ1v) is 6.70. The Balaban J connectivity index is 1.97. The molecule has 0 bridgehead atoms. The van der Waals surface area contributed by atoms with Crippen LogP contribution in [0.3, 0.4) is 0 Å². The summed E-state index contributed by atoms with van der Waals surface area (Å²) in [5, 5.41) is 0. The number of ether oxygens (including phenoxy) is 1. The lowest BCUT2D eigenvalue weighted by molar-refractivity contribution is 0.180. The van der Waals surface area contributed by atoms with E-state index in [1.807, 2.05) is 24.3 Å². The number of hydrogen-bond acceptors (Lipinski definition) is 1. The molecule has 0 saturated heterocycles. The van der Waals surface area contributed by atoms with Crippen molar-refractivity contribution in [2.45, 2.75) is 25.7 Å². The third-order valence-corrected chi connectivity index (χ3v) is 3.22. The highest BCUT2D eigenvalue weighted by atomic mass is 35.5. The Morgan fingerprint density at radius 1 is 1.29 bits per heavy atom. The summed E-state index contributed by atoms with van der Waals surface area (Å²) in [5.41, 5.74) is 0.969. The molecule has 0 heterocycles. The Morgan fingerprint density at radius 3 is 2.82 bits per heavy atom. The van der Waals surface area contributed by atoms with E-state index < -0.39 is 0 Å². The molecule has 1 aromatic rings. The average Bonchev–Trinajstić information content (AvgIpc) is 2.29. The molecule has 90 valence electrons. The van der Waals surface area contributed by atoms with Crippen LogP contribution in [-0.4, -0.2) is 12.5 Å². The first-order valence-electron chi connectivity index (χ1n) is 6.17. The van der Waals surface area contributed by atoms with Crippen molar-refractivity contribution in [2.75, 3.05) is 12.5 Å². The van der Waals surface area contributed by atoms with Crippen LogP contribution >= 0.6 is 11.6 Å². The third kappa shape index (κ3) is 3.68. The molecule has 17 heavy (non-hydrogen) atoms. The van der Waals surface area contributed by atoms with Crippen LogP contribution in [0.15, 0.2) is 24.3 Å². The van der Waals surface area contributed by atoms with Gasteiger partial charge in [-0.3, -0.25) is 0 Å². The number of hydrogen-bond donors (Lipinski definition) is 0. The summed E-state index contributed by atoms with van der Waals surface area (Å²) in [6.45, 7) is 0.828. The summed E-state index contributed by atoms with van der Waals surface area (Å²) in [7, 11) is 0. The van der Waals surface area contributed by atoms with Gasteiger partial charge in [0.25, 0.3) is 0 Å². The summed E-state index contributed by atoms with van der Waals surface area (Å²) < 4.78 is 5.84. The zero-order valence-electron chi connectivity index (χ0n) is 9.92. The highest BCUT2D eigenvalue weighted by Gasteiger charge is 2.18. The summed E-state index contributed by atoms with van der Waals surface area (Å²) in [6, 6.07) is 7.96. The monoisotopic (exact) mass is 248 g/mol. The molecular weight excluding hydrogens is 232 g/mol. The lowest BCUT2D eigenvalue weighted by atomic mass is 9.86. The third-order valence-electron chi connectivity index (χ3n) is 3.03. The van der Waals surface area contributed by atoms with Gasteiger partial charge in [-0.05, 0) is 30.9 Å². The lowest BCUT2D eigenvalue weighted by Crippen LogP contribution is -2.19. The van der Waals surface area contributed by atoms with E-state index in [1.54, 1.807) is 0 Å². The van der Waals surface area contributed by atoms with Crippen molar-refractivity contribution in [2.24, 2.45) is 5.92 Å². The van der Waals surface area contributed by atoms with Gasteiger partial charge in [-0.15, -0.1) is 11.6 Å². The number of halogens is 1. The van der Waals surface area contributed by atoms with E-state index in [0.717, 1.165) is 30.3 Å². The molecule has 1 nitrogen and oxygen atoms in total. The van der Waals surface area contributed by atoms with E-state index in [1.165, 1.54) is 19.3 Å². The van der Waals surface area contributed by atoms with Crippen LogP contribution in [0.2, 0.25) is 0 Å². The SMILES string of the molecule is ClCCC#Cc1ccccc1OCC1CCC1. The molecule has 0 aliphatic heterocycles. The molecule has 1 saturated carbocycles. The van der Waals surface area contributed by atoms with Gasteiger partial charge in [-0.25, -0.2) is 0 Å². The van der Waals surface area contributed by atoms with Crippen LogP contribution in [0.5, 0.6) is 5.75 Å². The molecule has 0 atom stereocenters. The Kier molecular flexibility index (Phi) is 4.76. The first kappa shape index (κ1) is 12.3. The van der Waals surface area contributed by atoms with Gasteiger partial charge in [-0.1, -0.05) is 30.4 Å². The smallest absolute Gasteiger partial charge is 0.134 e. The minimum Gasteiger partial charge on any atom is -0.492 e. The van der Waals surface area contributed by atoms with Crippen LogP contribution < -0.4 is 4.74 Å². The van der Waals surface area contributed by atoms with Gasteiger partial charge in [0.05, 0.1) is 12.2 Å². The van der Waals surface area contributed by atoms with Crippen molar-refractivity contribution in [3.8, 4) is 17.6 Å². The Morgan fingerprint density at radius 2 is 2.12 bits per heavy atom. The second kappa shape index (κ2) is 6.57.